The number of fused-ring (bicyclic) bond motifs is 1. The lowest BCUT2D eigenvalue weighted by molar-refractivity contribution is -0.115. The van der Waals surface area contributed by atoms with Crippen molar-refractivity contribution in [2.45, 2.75) is 62.1 Å². The van der Waals surface area contributed by atoms with Crippen molar-refractivity contribution in [3.05, 3.63) is 47.4 Å². The maximum absolute atomic E-state index is 12.7. The molecule has 3 rings (SSSR count). The van der Waals surface area contributed by atoms with Gasteiger partial charge in [0.25, 0.3) is 0 Å². The summed E-state index contributed by atoms with van der Waals surface area (Å²) in [5, 5.41) is 12.9. The number of pyridine rings is 2. The predicted octanol–water partition coefficient (Wildman–Crippen LogP) is 4.52. The topological polar surface area (TPSA) is 78.7 Å². The van der Waals surface area contributed by atoms with Crippen LogP contribution in [0.2, 0.25) is 0 Å². The van der Waals surface area contributed by atoms with Crippen molar-refractivity contribution in [3.63, 3.8) is 0 Å². The van der Waals surface area contributed by atoms with Gasteiger partial charge in [-0.25, -0.2) is 4.98 Å². The summed E-state index contributed by atoms with van der Waals surface area (Å²) in [6, 6.07) is 7.86. The summed E-state index contributed by atoms with van der Waals surface area (Å²) in [7, 11) is 0. The Morgan fingerprint density at radius 2 is 2.15 bits per heavy atom. The lowest BCUT2D eigenvalue weighted by atomic mass is 9.96. The van der Waals surface area contributed by atoms with Crippen molar-refractivity contribution in [2.24, 2.45) is 0 Å². The normalized spacial score (nSPS) is 15.0. The maximum atomic E-state index is 12.7. The Labute approximate surface area is 164 Å². The molecule has 2 aromatic rings. The van der Waals surface area contributed by atoms with E-state index < -0.39 is 0 Å². The monoisotopic (exact) mass is 380 g/mol. The summed E-state index contributed by atoms with van der Waals surface area (Å²) in [4.78, 5) is 21.5. The van der Waals surface area contributed by atoms with Gasteiger partial charge in [-0.3, -0.25) is 9.78 Å². The number of carbonyl (C=O) groups is 1. The van der Waals surface area contributed by atoms with E-state index in [4.69, 9.17) is 4.98 Å². The molecule has 140 valence electrons. The van der Waals surface area contributed by atoms with Crippen molar-refractivity contribution in [2.75, 3.05) is 5.32 Å². The number of hydrogen-bond acceptors (Lipinski definition) is 5. The first kappa shape index (κ1) is 19.4. The molecule has 1 amide bonds. The molecule has 2 aromatic heterocycles. The Morgan fingerprint density at radius 3 is 2.85 bits per heavy atom. The molecule has 0 saturated heterocycles. The standard InChI is InChI=1S/C21H24N4OS/c1-2-19(20(26)24-17-9-7-11-23-14-17)27-21-16(13-22)12-15-8-5-3-4-6-10-18(15)25-21/h7,9,11-12,14,19H,2-6,8,10H2,1H3,(H,24,26). The number of amides is 1. The molecule has 1 N–H and O–H groups in total. The number of carbonyl (C=O) groups excluding carboxylic acids is 1. The second-order valence-electron chi connectivity index (χ2n) is 6.72. The largest absolute Gasteiger partial charge is 0.324 e. The van der Waals surface area contributed by atoms with Crippen molar-refractivity contribution in [3.8, 4) is 6.07 Å². The third-order valence-corrected chi connectivity index (χ3v) is 6.10. The van der Waals surface area contributed by atoms with Crippen molar-refractivity contribution < 1.29 is 4.79 Å². The molecule has 0 aromatic carbocycles. The highest BCUT2D eigenvalue weighted by molar-refractivity contribution is 8.00. The van der Waals surface area contributed by atoms with Gasteiger partial charge in [-0.05, 0) is 55.9 Å². The van der Waals surface area contributed by atoms with E-state index in [0.717, 1.165) is 31.4 Å². The van der Waals surface area contributed by atoms with Crippen LogP contribution < -0.4 is 5.32 Å². The van der Waals surface area contributed by atoms with E-state index in [0.29, 0.717) is 22.7 Å². The summed E-state index contributed by atoms with van der Waals surface area (Å²) < 4.78 is 0. The van der Waals surface area contributed by atoms with Crippen LogP contribution in [0.4, 0.5) is 5.69 Å². The Balaban J connectivity index is 1.80. The highest BCUT2D eigenvalue weighted by Gasteiger charge is 2.22. The van der Waals surface area contributed by atoms with Gasteiger partial charge in [0.1, 0.15) is 11.1 Å². The molecule has 0 aliphatic heterocycles. The first-order valence-corrected chi connectivity index (χ1v) is 10.4. The Kier molecular flexibility index (Phi) is 6.83. The number of nitriles is 1. The number of hydrogen-bond donors (Lipinski definition) is 1. The summed E-state index contributed by atoms with van der Waals surface area (Å²) in [6.45, 7) is 1.97. The molecule has 1 unspecified atom stereocenters. The number of anilines is 1. The van der Waals surface area contributed by atoms with Crippen LogP contribution in [0.3, 0.4) is 0 Å². The number of aryl methyl sites for hydroxylation is 2. The molecule has 1 atom stereocenters. The second kappa shape index (κ2) is 9.52. The summed E-state index contributed by atoms with van der Waals surface area (Å²) in [5.74, 6) is -0.0899. The van der Waals surface area contributed by atoms with Gasteiger partial charge in [-0.1, -0.05) is 31.5 Å². The molecule has 27 heavy (non-hydrogen) atoms. The fourth-order valence-electron chi connectivity index (χ4n) is 3.25. The van der Waals surface area contributed by atoms with Crippen LogP contribution in [-0.4, -0.2) is 21.1 Å². The van der Waals surface area contributed by atoms with Crippen molar-refractivity contribution in [1.29, 1.82) is 5.26 Å². The van der Waals surface area contributed by atoms with Crippen LogP contribution in [-0.2, 0) is 17.6 Å². The number of nitrogens with zero attached hydrogens (tertiary/aromatic N) is 3. The second-order valence-corrected chi connectivity index (χ2v) is 7.91. The van der Waals surface area contributed by atoms with Gasteiger partial charge in [0.05, 0.1) is 22.7 Å². The molecule has 0 bridgehead atoms. The molecule has 1 aliphatic carbocycles. The average molecular weight is 381 g/mol. The van der Waals surface area contributed by atoms with Gasteiger partial charge in [0.2, 0.25) is 5.91 Å². The fraction of sp³-hybridized carbons (Fsp3) is 0.429. The van der Waals surface area contributed by atoms with Crippen molar-refractivity contribution in [1.82, 2.24) is 9.97 Å². The smallest absolute Gasteiger partial charge is 0.237 e. The minimum absolute atomic E-state index is 0.0899. The van der Waals surface area contributed by atoms with E-state index in [2.05, 4.69) is 16.4 Å². The minimum atomic E-state index is -0.309. The van der Waals surface area contributed by atoms with Gasteiger partial charge in [0, 0.05) is 11.9 Å². The van der Waals surface area contributed by atoms with Gasteiger partial charge >= 0.3 is 0 Å². The molecule has 0 radical (unpaired) electrons. The summed E-state index contributed by atoms with van der Waals surface area (Å²) in [5.41, 5.74) is 3.54. The minimum Gasteiger partial charge on any atom is -0.324 e. The third-order valence-electron chi connectivity index (χ3n) is 4.73. The number of nitrogens with one attached hydrogen (secondary N) is 1. The Morgan fingerprint density at radius 1 is 1.33 bits per heavy atom. The molecule has 0 fully saturated rings. The van der Waals surface area contributed by atoms with Crippen LogP contribution in [0.1, 0.15) is 55.8 Å². The third kappa shape index (κ3) is 5.08. The molecule has 6 heteroatoms. The van der Waals surface area contributed by atoms with Crippen molar-refractivity contribution >= 4 is 23.4 Å². The SMILES string of the molecule is CCC(Sc1nc2c(cc1C#N)CCCCCC2)C(=O)Nc1cccnc1. The Bertz CT molecular complexity index is 832. The molecule has 2 heterocycles. The fourth-order valence-corrected chi connectivity index (χ4v) is 4.25. The van der Waals surface area contributed by atoms with E-state index in [1.54, 1.807) is 18.5 Å². The highest BCUT2D eigenvalue weighted by Crippen LogP contribution is 2.31. The van der Waals surface area contributed by atoms with Crippen LogP contribution in [0, 0.1) is 11.3 Å². The zero-order valence-electron chi connectivity index (χ0n) is 15.6. The molecular formula is C21H24N4OS. The molecule has 5 nitrogen and oxygen atoms in total. The van der Waals surface area contributed by atoms with Gasteiger partial charge in [0.15, 0.2) is 0 Å². The molecule has 0 saturated carbocycles. The van der Waals surface area contributed by atoms with E-state index in [1.165, 1.54) is 30.2 Å². The first-order valence-electron chi connectivity index (χ1n) is 9.51. The summed E-state index contributed by atoms with van der Waals surface area (Å²) >= 11 is 1.39. The predicted molar refractivity (Wildman–Crippen MR) is 108 cm³/mol. The molecular weight excluding hydrogens is 356 g/mol. The van der Waals surface area contributed by atoms with Gasteiger partial charge in [-0.15, -0.1) is 0 Å². The lowest BCUT2D eigenvalue weighted by Gasteiger charge is -2.18. The van der Waals surface area contributed by atoms with Crippen LogP contribution in [0.15, 0.2) is 35.6 Å². The Hall–Kier alpha value is -2.39. The van der Waals surface area contributed by atoms with Crippen LogP contribution in [0.5, 0.6) is 0 Å². The average Bonchev–Trinajstić information content (AvgIpc) is 2.67. The van der Waals surface area contributed by atoms with Gasteiger partial charge < -0.3 is 5.32 Å². The van der Waals surface area contributed by atoms with E-state index in [1.807, 2.05) is 19.1 Å². The zero-order chi connectivity index (χ0) is 19.1. The highest BCUT2D eigenvalue weighted by atomic mass is 32.2. The first-order chi connectivity index (χ1) is 13.2. The van der Waals surface area contributed by atoms with Crippen LogP contribution in [0.25, 0.3) is 0 Å². The van der Waals surface area contributed by atoms with Gasteiger partial charge in [-0.2, -0.15) is 5.26 Å². The van der Waals surface area contributed by atoms with E-state index in [-0.39, 0.29) is 11.2 Å². The molecule has 0 spiro atoms. The number of rotatable bonds is 5. The van der Waals surface area contributed by atoms with Crippen LogP contribution >= 0.6 is 11.8 Å². The maximum Gasteiger partial charge on any atom is 0.237 e. The number of aromatic nitrogens is 2. The van der Waals surface area contributed by atoms with E-state index >= 15 is 0 Å². The zero-order valence-corrected chi connectivity index (χ0v) is 16.4. The quantitative estimate of drug-likeness (QED) is 0.772. The number of thioether (sulfide) groups is 1. The van der Waals surface area contributed by atoms with E-state index in [9.17, 15) is 10.1 Å². The lowest BCUT2D eigenvalue weighted by Crippen LogP contribution is -2.25. The molecule has 1 aliphatic rings. The summed E-state index contributed by atoms with van der Waals surface area (Å²) in [6.07, 6.45) is 10.6.